The minimum atomic E-state index is -0.841. The highest BCUT2D eigenvalue weighted by Gasteiger charge is 2.31. The zero-order valence-electron chi connectivity index (χ0n) is 14.2. The van der Waals surface area contributed by atoms with E-state index in [9.17, 15) is 15.0 Å². The Labute approximate surface area is 143 Å². The van der Waals surface area contributed by atoms with E-state index in [-0.39, 0.29) is 5.75 Å². The van der Waals surface area contributed by atoms with E-state index in [4.69, 9.17) is 0 Å². The molecule has 2 N–H and O–H groups in total. The van der Waals surface area contributed by atoms with Gasteiger partial charge in [0.05, 0.1) is 0 Å². The summed E-state index contributed by atoms with van der Waals surface area (Å²) >= 11 is 0. The molecule has 0 amide bonds. The summed E-state index contributed by atoms with van der Waals surface area (Å²) in [5.74, 6) is -0.718. The molecule has 1 aromatic rings. The van der Waals surface area contributed by atoms with Crippen LogP contribution in [0.5, 0.6) is 5.75 Å². The highest BCUT2D eigenvalue weighted by Crippen LogP contribution is 2.28. The topological polar surface area (TPSA) is 64.0 Å². The summed E-state index contributed by atoms with van der Waals surface area (Å²) in [5, 5.41) is 19.4. The molecule has 0 bridgehead atoms. The van der Waals surface area contributed by atoms with Crippen molar-refractivity contribution in [2.75, 3.05) is 26.2 Å². The number of rotatable bonds is 4. The van der Waals surface area contributed by atoms with Crippen LogP contribution < -0.4 is 0 Å². The Morgan fingerprint density at radius 2 is 1.83 bits per heavy atom. The number of aromatic hydroxyl groups is 1. The van der Waals surface area contributed by atoms with Crippen LogP contribution in [0, 0.1) is 0 Å². The molecule has 5 heteroatoms. The second-order valence-corrected chi connectivity index (χ2v) is 7.05. The molecular weight excluding hydrogens is 304 g/mol. The second kappa shape index (κ2) is 7.99. The van der Waals surface area contributed by atoms with E-state index < -0.39 is 12.0 Å². The number of carboxylic acid groups (broad SMARTS) is 1. The van der Waals surface area contributed by atoms with Crippen LogP contribution in [-0.2, 0) is 4.79 Å². The Morgan fingerprint density at radius 3 is 2.54 bits per heavy atom. The molecule has 0 unspecified atom stereocenters. The minimum absolute atomic E-state index is 0.123. The molecule has 24 heavy (non-hydrogen) atoms. The van der Waals surface area contributed by atoms with Crippen molar-refractivity contribution in [3.63, 3.8) is 0 Å². The third kappa shape index (κ3) is 4.08. The van der Waals surface area contributed by atoms with Crippen molar-refractivity contribution in [2.24, 2.45) is 0 Å². The molecule has 5 nitrogen and oxygen atoms in total. The molecule has 0 aromatic heterocycles. The standard InChI is InChI=1S/C19H28N2O3/c22-17-9-4-6-15(14-17)18(19(23)24)21-11-5-10-20(12-13-21)16-7-2-1-3-8-16/h4,6,9,14,16,18,22H,1-3,5,7-8,10-13H2,(H,23,24)/t18-/m0/s1. The van der Waals surface area contributed by atoms with Crippen LogP contribution >= 0.6 is 0 Å². The van der Waals surface area contributed by atoms with Gasteiger partial charge in [-0.2, -0.15) is 0 Å². The smallest absolute Gasteiger partial charge is 0.325 e. The number of benzene rings is 1. The normalized spacial score (nSPS) is 22.8. The van der Waals surface area contributed by atoms with Gasteiger partial charge in [0.15, 0.2) is 0 Å². The maximum Gasteiger partial charge on any atom is 0.325 e. The average Bonchev–Trinajstić information content (AvgIpc) is 2.82. The average molecular weight is 332 g/mol. The van der Waals surface area contributed by atoms with Crippen LogP contribution in [-0.4, -0.2) is 58.2 Å². The van der Waals surface area contributed by atoms with E-state index in [1.807, 2.05) is 0 Å². The third-order valence-corrected chi connectivity index (χ3v) is 5.44. The predicted molar refractivity (Wildman–Crippen MR) is 93.1 cm³/mol. The summed E-state index contributed by atoms with van der Waals surface area (Å²) in [6, 6.07) is 6.67. The molecule has 1 heterocycles. The van der Waals surface area contributed by atoms with Crippen LogP contribution in [0.4, 0.5) is 0 Å². The molecule has 132 valence electrons. The quantitative estimate of drug-likeness (QED) is 0.888. The monoisotopic (exact) mass is 332 g/mol. The Bertz CT molecular complexity index is 557. The largest absolute Gasteiger partial charge is 0.508 e. The predicted octanol–water partition coefficient (Wildman–Crippen LogP) is 2.86. The van der Waals surface area contributed by atoms with Crippen molar-refractivity contribution >= 4 is 5.97 Å². The lowest BCUT2D eigenvalue weighted by Crippen LogP contribution is -2.41. The fraction of sp³-hybridized carbons (Fsp3) is 0.632. The molecule has 0 radical (unpaired) electrons. The molecule has 2 aliphatic rings. The zero-order valence-corrected chi connectivity index (χ0v) is 14.2. The van der Waals surface area contributed by atoms with Gasteiger partial charge in [0, 0.05) is 25.7 Å². The van der Waals surface area contributed by atoms with Gasteiger partial charge in [-0.05, 0) is 43.5 Å². The molecule has 1 aromatic carbocycles. The third-order valence-electron chi connectivity index (χ3n) is 5.44. The van der Waals surface area contributed by atoms with Gasteiger partial charge in [0.2, 0.25) is 0 Å². The molecule has 2 fully saturated rings. The number of phenols is 1. The van der Waals surface area contributed by atoms with E-state index in [1.54, 1.807) is 24.3 Å². The number of phenolic OH excluding ortho intramolecular Hbond substituents is 1. The Hall–Kier alpha value is -1.59. The number of carboxylic acids is 1. The summed E-state index contributed by atoms with van der Waals surface area (Å²) < 4.78 is 0. The summed E-state index contributed by atoms with van der Waals surface area (Å²) in [5.41, 5.74) is 0.661. The highest BCUT2D eigenvalue weighted by molar-refractivity contribution is 5.75. The lowest BCUT2D eigenvalue weighted by Gasteiger charge is -2.33. The van der Waals surface area contributed by atoms with Gasteiger partial charge in [-0.3, -0.25) is 14.6 Å². The van der Waals surface area contributed by atoms with Crippen molar-refractivity contribution in [1.29, 1.82) is 0 Å². The van der Waals surface area contributed by atoms with E-state index in [2.05, 4.69) is 9.80 Å². The first-order valence-electron chi connectivity index (χ1n) is 9.15. The van der Waals surface area contributed by atoms with Gasteiger partial charge in [0.25, 0.3) is 0 Å². The van der Waals surface area contributed by atoms with E-state index in [0.717, 1.165) is 32.6 Å². The maximum atomic E-state index is 11.9. The number of hydrogen-bond donors (Lipinski definition) is 2. The van der Waals surface area contributed by atoms with Crippen LogP contribution in [0.25, 0.3) is 0 Å². The Morgan fingerprint density at radius 1 is 1.04 bits per heavy atom. The van der Waals surface area contributed by atoms with Gasteiger partial charge in [-0.15, -0.1) is 0 Å². The number of aliphatic carboxylic acids is 1. The number of carbonyl (C=O) groups is 1. The SMILES string of the molecule is O=C(O)[C@H](c1cccc(O)c1)N1CCCN(C2CCCCC2)CC1. The minimum Gasteiger partial charge on any atom is -0.508 e. The maximum absolute atomic E-state index is 11.9. The molecule has 1 aliphatic heterocycles. The first-order valence-corrected chi connectivity index (χ1v) is 9.15. The fourth-order valence-electron chi connectivity index (χ4n) is 4.23. The van der Waals surface area contributed by atoms with Crippen molar-refractivity contribution in [3.8, 4) is 5.75 Å². The number of nitrogens with zero attached hydrogens (tertiary/aromatic N) is 2. The Kier molecular flexibility index (Phi) is 5.74. The van der Waals surface area contributed by atoms with Gasteiger partial charge in [0.1, 0.15) is 11.8 Å². The summed E-state index contributed by atoms with van der Waals surface area (Å²) in [6.07, 6.45) is 7.58. The summed E-state index contributed by atoms with van der Waals surface area (Å²) in [7, 11) is 0. The zero-order chi connectivity index (χ0) is 16.9. The van der Waals surface area contributed by atoms with Gasteiger partial charge in [-0.1, -0.05) is 31.4 Å². The Balaban J connectivity index is 1.69. The second-order valence-electron chi connectivity index (χ2n) is 7.05. The molecular formula is C19H28N2O3. The molecule has 1 saturated carbocycles. The molecule has 3 rings (SSSR count). The van der Waals surface area contributed by atoms with E-state index in [0.29, 0.717) is 11.6 Å². The lowest BCUT2D eigenvalue weighted by molar-refractivity contribution is -0.143. The number of hydrogen-bond acceptors (Lipinski definition) is 4. The van der Waals surface area contributed by atoms with Crippen molar-refractivity contribution < 1.29 is 15.0 Å². The molecule has 1 aliphatic carbocycles. The fourth-order valence-corrected chi connectivity index (χ4v) is 4.23. The molecule has 1 atom stereocenters. The summed E-state index contributed by atoms with van der Waals surface area (Å²) in [6.45, 7) is 3.56. The van der Waals surface area contributed by atoms with Crippen LogP contribution in [0.3, 0.4) is 0 Å². The van der Waals surface area contributed by atoms with E-state index >= 15 is 0 Å². The van der Waals surface area contributed by atoms with Crippen molar-refractivity contribution in [1.82, 2.24) is 9.80 Å². The first kappa shape index (κ1) is 17.2. The highest BCUT2D eigenvalue weighted by atomic mass is 16.4. The first-order chi connectivity index (χ1) is 11.6. The van der Waals surface area contributed by atoms with Crippen molar-refractivity contribution in [3.05, 3.63) is 29.8 Å². The van der Waals surface area contributed by atoms with Crippen LogP contribution in [0.1, 0.15) is 50.1 Å². The molecule has 1 saturated heterocycles. The molecule has 0 spiro atoms. The van der Waals surface area contributed by atoms with Crippen LogP contribution in [0.2, 0.25) is 0 Å². The van der Waals surface area contributed by atoms with E-state index in [1.165, 1.54) is 32.1 Å². The van der Waals surface area contributed by atoms with Crippen molar-refractivity contribution in [2.45, 2.75) is 50.6 Å². The van der Waals surface area contributed by atoms with Gasteiger partial charge >= 0.3 is 5.97 Å². The van der Waals surface area contributed by atoms with Gasteiger partial charge < -0.3 is 10.2 Å². The summed E-state index contributed by atoms with van der Waals surface area (Å²) in [4.78, 5) is 16.5. The van der Waals surface area contributed by atoms with Crippen LogP contribution in [0.15, 0.2) is 24.3 Å². The van der Waals surface area contributed by atoms with Gasteiger partial charge in [-0.25, -0.2) is 0 Å². The lowest BCUT2D eigenvalue weighted by atomic mass is 9.94.